The van der Waals surface area contributed by atoms with Gasteiger partial charge in [0, 0.05) is 19.1 Å². The van der Waals surface area contributed by atoms with Crippen molar-refractivity contribution in [2.45, 2.75) is 19.8 Å². The van der Waals surface area contributed by atoms with Crippen molar-refractivity contribution in [2.75, 3.05) is 33.4 Å². The zero-order valence-corrected chi connectivity index (χ0v) is 16.1. The smallest absolute Gasteiger partial charge is 0.254 e. The Morgan fingerprint density at radius 2 is 2.00 bits per heavy atom. The molecule has 0 saturated carbocycles. The van der Waals surface area contributed by atoms with Crippen LogP contribution < -0.4 is 10.6 Å². The molecular formula is C19H27ClN4O2. The van der Waals surface area contributed by atoms with Crippen LogP contribution in [0.15, 0.2) is 36.5 Å². The van der Waals surface area contributed by atoms with Crippen molar-refractivity contribution in [3.05, 3.63) is 47.8 Å². The third-order valence-corrected chi connectivity index (χ3v) is 4.99. The lowest BCUT2D eigenvalue weighted by atomic mass is 9.79. The van der Waals surface area contributed by atoms with Crippen molar-refractivity contribution < 1.29 is 9.53 Å². The Hall–Kier alpha value is -1.89. The van der Waals surface area contributed by atoms with E-state index in [1.165, 1.54) is 0 Å². The Kier molecular flexibility index (Phi) is 7.20. The number of aromatic nitrogens is 2. The van der Waals surface area contributed by atoms with E-state index in [9.17, 15) is 4.79 Å². The summed E-state index contributed by atoms with van der Waals surface area (Å²) < 4.78 is 7.21. The van der Waals surface area contributed by atoms with Gasteiger partial charge in [-0.1, -0.05) is 18.2 Å². The lowest BCUT2D eigenvalue weighted by molar-refractivity contribution is 0.0511. The molecule has 7 heteroatoms. The normalized spacial score (nSPS) is 15.9. The van der Waals surface area contributed by atoms with Crippen molar-refractivity contribution >= 4 is 18.3 Å². The number of benzene rings is 1. The van der Waals surface area contributed by atoms with Crippen LogP contribution in [0.3, 0.4) is 0 Å². The van der Waals surface area contributed by atoms with Crippen molar-refractivity contribution in [3.63, 3.8) is 0 Å². The summed E-state index contributed by atoms with van der Waals surface area (Å²) in [6.45, 7) is 5.13. The fourth-order valence-electron chi connectivity index (χ4n) is 3.46. The van der Waals surface area contributed by atoms with Crippen LogP contribution >= 0.6 is 12.4 Å². The number of para-hydroxylation sites is 1. The second-order valence-electron chi connectivity index (χ2n) is 6.76. The van der Waals surface area contributed by atoms with Crippen molar-refractivity contribution in [3.8, 4) is 5.69 Å². The number of nitrogens with one attached hydrogen (secondary N) is 2. The first kappa shape index (κ1) is 20.4. The van der Waals surface area contributed by atoms with Gasteiger partial charge in [0.05, 0.1) is 29.7 Å². The molecule has 1 fully saturated rings. The molecular weight excluding hydrogens is 352 g/mol. The minimum atomic E-state index is -0.0753. The van der Waals surface area contributed by atoms with Gasteiger partial charge < -0.3 is 15.4 Å². The number of nitrogens with zero attached hydrogens (tertiary/aromatic N) is 2. The molecule has 2 aromatic rings. The molecule has 3 rings (SSSR count). The first-order valence-electron chi connectivity index (χ1n) is 8.73. The highest BCUT2D eigenvalue weighted by Crippen LogP contribution is 2.28. The number of carbonyl (C=O) groups is 1. The average Bonchev–Trinajstić information content (AvgIpc) is 3.03. The molecule has 1 aliphatic rings. The predicted octanol–water partition coefficient (Wildman–Crippen LogP) is 2.35. The van der Waals surface area contributed by atoms with Gasteiger partial charge in [0.1, 0.15) is 0 Å². The highest BCUT2D eigenvalue weighted by atomic mass is 35.5. The second kappa shape index (κ2) is 9.16. The van der Waals surface area contributed by atoms with Crippen molar-refractivity contribution in [1.82, 2.24) is 20.4 Å². The van der Waals surface area contributed by atoms with E-state index >= 15 is 0 Å². The third kappa shape index (κ3) is 4.44. The molecule has 0 unspecified atom stereocenters. The molecule has 1 amide bonds. The number of carbonyl (C=O) groups excluding carboxylic acids is 1. The van der Waals surface area contributed by atoms with Crippen molar-refractivity contribution in [2.24, 2.45) is 5.41 Å². The molecule has 1 aliphatic heterocycles. The Balaban J connectivity index is 0.00000243. The van der Waals surface area contributed by atoms with Gasteiger partial charge >= 0.3 is 0 Å². The summed E-state index contributed by atoms with van der Waals surface area (Å²) in [4.78, 5) is 12.7. The molecule has 1 saturated heterocycles. The van der Waals surface area contributed by atoms with E-state index in [-0.39, 0.29) is 23.7 Å². The van der Waals surface area contributed by atoms with E-state index < -0.39 is 0 Å². The minimum Gasteiger partial charge on any atom is -0.384 e. The summed E-state index contributed by atoms with van der Waals surface area (Å²) in [5, 5.41) is 10.8. The number of hydrogen-bond donors (Lipinski definition) is 2. The average molecular weight is 379 g/mol. The quantitative estimate of drug-likeness (QED) is 0.809. The van der Waals surface area contributed by atoms with Crippen LogP contribution in [0, 0.1) is 12.3 Å². The van der Waals surface area contributed by atoms with Gasteiger partial charge in [0.15, 0.2) is 0 Å². The van der Waals surface area contributed by atoms with Gasteiger partial charge in [-0.25, -0.2) is 4.68 Å². The molecule has 0 atom stereocenters. The molecule has 2 heterocycles. The van der Waals surface area contributed by atoms with Crippen LogP contribution in [-0.4, -0.2) is 49.0 Å². The van der Waals surface area contributed by atoms with E-state index in [0.717, 1.165) is 37.3 Å². The fraction of sp³-hybridized carbons (Fsp3) is 0.474. The molecule has 6 nitrogen and oxygen atoms in total. The van der Waals surface area contributed by atoms with E-state index in [0.29, 0.717) is 18.7 Å². The first-order chi connectivity index (χ1) is 12.2. The van der Waals surface area contributed by atoms with Gasteiger partial charge in [-0.3, -0.25) is 4.79 Å². The van der Waals surface area contributed by atoms with Gasteiger partial charge in [0.2, 0.25) is 0 Å². The number of hydrogen-bond acceptors (Lipinski definition) is 4. The number of ether oxygens (including phenoxy) is 1. The van der Waals surface area contributed by atoms with Gasteiger partial charge in [-0.2, -0.15) is 5.10 Å². The van der Waals surface area contributed by atoms with E-state index in [2.05, 4.69) is 15.7 Å². The molecule has 1 aromatic carbocycles. The summed E-state index contributed by atoms with van der Waals surface area (Å²) in [5.41, 5.74) is 2.42. The Morgan fingerprint density at radius 3 is 2.65 bits per heavy atom. The standard InChI is InChI=1S/C19H26N4O2.ClH/c1-15-17(12-22-23(15)16-6-4-3-5-7-16)18(24)21-13-19(14-25-2)8-10-20-11-9-19;/h3-7,12,20H,8-11,13-14H2,1-2H3,(H,21,24);1H. The van der Waals surface area contributed by atoms with Crippen molar-refractivity contribution in [1.29, 1.82) is 0 Å². The zero-order valence-electron chi connectivity index (χ0n) is 15.3. The number of halogens is 1. The molecule has 0 spiro atoms. The Morgan fingerprint density at radius 1 is 1.31 bits per heavy atom. The zero-order chi connectivity index (χ0) is 17.7. The highest BCUT2D eigenvalue weighted by molar-refractivity contribution is 5.95. The maximum Gasteiger partial charge on any atom is 0.254 e. The van der Waals surface area contributed by atoms with E-state index in [1.807, 2.05) is 37.3 Å². The molecule has 26 heavy (non-hydrogen) atoms. The molecule has 2 N–H and O–H groups in total. The predicted molar refractivity (Wildman–Crippen MR) is 104 cm³/mol. The molecule has 142 valence electrons. The summed E-state index contributed by atoms with van der Waals surface area (Å²) in [5.74, 6) is -0.0753. The molecule has 0 bridgehead atoms. The van der Waals surface area contributed by atoms with Gasteiger partial charge in [-0.15, -0.1) is 12.4 Å². The monoisotopic (exact) mass is 378 g/mol. The number of amides is 1. The van der Waals surface area contributed by atoms with Crippen LogP contribution in [0.4, 0.5) is 0 Å². The number of rotatable bonds is 6. The molecule has 1 aromatic heterocycles. The summed E-state index contributed by atoms with van der Waals surface area (Å²) in [6, 6.07) is 9.84. The van der Waals surface area contributed by atoms with E-state index in [1.54, 1.807) is 18.0 Å². The summed E-state index contributed by atoms with van der Waals surface area (Å²) in [7, 11) is 1.72. The summed E-state index contributed by atoms with van der Waals surface area (Å²) >= 11 is 0. The Bertz CT molecular complexity index is 706. The van der Waals surface area contributed by atoms with Crippen LogP contribution in [0.2, 0.25) is 0 Å². The maximum absolute atomic E-state index is 12.7. The van der Waals surface area contributed by atoms with Crippen LogP contribution in [0.25, 0.3) is 5.69 Å². The first-order valence-corrected chi connectivity index (χ1v) is 8.73. The van der Waals surface area contributed by atoms with Crippen LogP contribution in [-0.2, 0) is 4.74 Å². The maximum atomic E-state index is 12.7. The van der Waals surface area contributed by atoms with Gasteiger partial charge in [-0.05, 0) is 45.0 Å². The van der Waals surface area contributed by atoms with Gasteiger partial charge in [0.25, 0.3) is 5.91 Å². The number of methoxy groups -OCH3 is 1. The van der Waals surface area contributed by atoms with E-state index in [4.69, 9.17) is 4.74 Å². The fourth-order valence-corrected chi connectivity index (χ4v) is 3.46. The molecule has 0 radical (unpaired) electrons. The minimum absolute atomic E-state index is 0. The van der Waals surface area contributed by atoms with Crippen LogP contribution in [0.5, 0.6) is 0 Å². The lowest BCUT2D eigenvalue weighted by Gasteiger charge is -2.37. The third-order valence-electron chi connectivity index (χ3n) is 4.99. The number of piperidine rings is 1. The largest absolute Gasteiger partial charge is 0.384 e. The second-order valence-corrected chi connectivity index (χ2v) is 6.76. The highest BCUT2D eigenvalue weighted by Gasteiger charge is 2.32. The topological polar surface area (TPSA) is 68.2 Å². The summed E-state index contributed by atoms with van der Waals surface area (Å²) in [6.07, 6.45) is 3.65. The molecule has 0 aliphatic carbocycles. The lowest BCUT2D eigenvalue weighted by Crippen LogP contribution is -2.47. The van der Waals surface area contributed by atoms with Crippen LogP contribution in [0.1, 0.15) is 28.9 Å². The SMILES string of the molecule is COCC1(CNC(=O)c2cnn(-c3ccccc3)c2C)CCNCC1.Cl. The Labute approximate surface area is 160 Å².